The van der Waals surface area contributed by atoms with Crippen molar-refractivity contribution in [1.82, 2.24) is 0 Å². The van der Waals surface area contributed by atoms with Gasteiger partial charge in [0.1, 0.15) is 17.6 Å². The zero-order valence-corrected chi connectivity index (χ0v) is 18.1. The van der Waals surface area contributed by atoms with E-state index in [4.69, 9.17) is 9.47 Å². The summed E-state index contributed by atoms with van der Waals surface area (Å²) < 4.78 is 11.5. The van der Waals surface area contributed by atoms with Gasteiger partial charge in [-0.15, -0.1) is 0 Å². The van der Waals surface area contributed by atoms with Gasteiger partial charge in [-0.2, -0.15) is 17.0 Å². The summed E-state index contributed by atoms with van der Waals surface area (Å²) in [5, 5.41) is 10.1. The van der Waals surface area contributed by atoms with Crippen molar-refractivity contribution in [2.24, 2.45) is 17.3 Å². The van der Waals surface area contributed by atoms with Gasteiger partial charge in [0.05, 0.1) is 5.92 Å². The number of para-hydroxylation sites is 1. The predicted octanol–water partition coefficient (Wildman–Crippen LogP) is 6.00. The highest BCUT2D eigenvalue weighted by atomic mass is 32.2. The summed E-state index contributed by atoms with van der Waals surface area (Å²) in [6.45, 7) is 8.51. The fourth-order valence-electron chi connectivity index (χ4n) is 3.54. The van der Waals surface area contributed by atoms with Crippen LogP contribution in [0.1, 0.15) is 39.4 Å². The highest BCUT2D eigenvalue weighted by molar-refractivity contribution is 7.99. The fourth-order valence-corrected chi connectivity index (χ4v) is 4.76. The standard InChI is InChI=1S/C24H27NO3S/c1-16(2)29-15-20-22(24(20,3)4)23(26)28-21(14-25)17-9-8-12-19(13-17)27-18-10-6-5-7-11-18/h5-13,16,20-22H,15H2,1-4H3/t20-,21?,22-/m0/s1. The van der Waals surface area contributed by atoms with Gasteiger partial charge in [0.25, 0.3) is 0 Å². The Kier molecular flexibility index (Phi) is 6.54. The summed E-state index contributed by atoms with van der Waals surface area (Å²) in [6, 6.07) is 18.7. The van der Waals surface area contributed by atoms with E-state index < -0.39 is 6.10 Å². The molecule has 0 amide bonds. The number of nitriles is 1. The molecule has 5 heteroatoms. The van der Waals surface area contributed by atoms with E-state index in [1.54, 1.807) is 18.2 Å². The van der Waals surface area contributed by atoms with Gasteiger partial charge in [0, 0.05) is 5.56 Å². The molecule has 3 rings (SSSR count). The molecule has 1 saturated carbocycles. The Morgan fingerprint density at radius 3 is 2.48 bits per heavy atom. The van der Waals surface area contributed by atoms with Crippen molar-refractivity contribution in [1.29, 1.82) is 5.26 Å². The maximum atomic E-state index is 12.8. The summed E-state index contributed by atoms with van der Waals surface area (Å²) in [7, 11) is 0. The molecule has 29 heavy (non-hydrogen) atoms. The van der Waals surface area contributed by atoms with Crippen molar-refractivity contribution in [3.8, 4) is 17.6 Å². The molecule has 152 valence electrons. The molecule has 2 aromatic rings. The number of hydrogen-bond acceptors (Lipinski definition) is 5. The first-order valence-corrected chi connectivity index (χ1v) is 10.9. The number of ether oxygens (including phenoxy) is 2. The van der Waals surface area contributed by atoms with E-state index in [1.165, 1.54) is 0 Å². The minimum atomic E-state index is -0.948. The normalized spacial score (nSPS) is 20.6. The Morgan fingerprint density at radius 2 is 1.83 bits per heavy atom. The van der Waals surface area contributed by atoms with Crippen LogP contribution < -0.4 is 4.74 Å². The number of hydrogen-bond donors (Lipinski definition) is 0. The van der Waals surface area contributed by atoms with Crippen molar-refractivity contribution in [3.63, 3.8) is 0 Å². The second-order valence-corrected chi connectivity index (χ2v) is 9.83. The van der Waals surface area contributed by atoms with Crippen molar-refractivity contribution in [3.05, 3.63) is 60.2 Å². The van der Waals surface area contributed by atoms with Crippen LogP contribution in [-0.2, 0) is 9.53 Å². The molecule has 1 fully saturated rings. The van der Waals surface area contributed by atoms with Crippen LogP contribution in [0.4, 0.5) is 0 Å². The lowest BCUT2D eigenvalue weighted by Gasteiger charge is -2.13. The monoisotopic (exact) mass is 409 g/mol. The smallest absolute Gasteiger partial charge is 0.311 e. The molecule has 4 nitrogen and oxygen atoms in total. The van der Waals surface area contributed by atoms with Crippen molar-refractivity contribution < 1.29 is 14.3 Å². The molecule has 1 aliphatic rings. The third-order valence-corrected chi connectivity index (χ3v) is 6.62. The highest BCUT2D eigenvalue weighted by Crippen LogP contribution is 2.60. The lowest BCUT2D eigenvalue weighted by atomic mass is 10.1. The Bertz CT molecular complexity index is 888. The van der Waals surface area contributed by atoms with Crippen LogP contribution in [0.15, 0.2) is 54.6 Å². The molecule has 0 spiro atoms. The average Bonchev–Trinajstić information content (AvgIpc) is 3.26. The molecule has 0 aliphatic heterocycles. The largest absolute Gasteiger partial charge is 0.457 e. The van der Waals surface area contributed by atoms with Gasteiger partial charge in [0.2, 0.25) is 6.10 Å². The van der Waals surface area contributed by atoms with Crippen LogP contribution in [0, 0.1) is 28.6 Å². The third-order valence-electron chi connectivity index (χ3n) is 5.40. The fraction of sp³-hybridized carbons (Fsp3) is 0.417. The number of carbonyl (C=O) groups is 1. The first-order valence-electron chi connectivity index (χ1n) is 9.87. The van der Waals surface area contributed by atoms with Crippen LogP contribution in [0.25, 0.3) is 0 Å². The lowest BCUT2D eigenvalue weighted by Crippen LogP contribution is -2.14. The number of thioether (sulfide) groups is 1. The Hall–Kier alpha value is -2.45. The van der Waals surface area contributed by atoms with Gasteiger partial charge in [-0.3, -0.25) is 4.79 Å². The summed E-state index contributed by atoms with van der Waals surface area (Å²) in [4.78, 5) is 12.8. The number of carbonyl (C=O) groups excluding carboxylic acids is 1. The quantitative estimate of drug-likeness (QED) is 0.500. The van der Waals surface area contributed by atoms with Gasteiger partial charge < -0.3 is 9.47 Å². The van der Waals surface area contributed by atoms with Gasteiger partial charge in [0.15, 0.2) is 0 Å². The van der Waals surface area contributed by atoms with Gasteiger partial charge >= 0.3 is 5.97 Å². The second-order valence-electron chi connectivity index (χ2n) is 8.22. The molecule has 2 aromatic carbocycles. The molecule has 0 radical (unpaired) electrons. The third kappa shape index (κ3) is 5.13. The minimum absolute atomic E-state index is 0.0861. The number of nitrogens with zero attached hydrogens (tertiary/aromatic N) is 1. The van der Waals surface area contributed by atoms with E-state index in [1.807, 2.05) is 48.2 Å². The van der Waals surface area contributed by atoms with Crippen LogP contribution in [0.2, 0.25) is 0 Å². The predicted molar refractivity (Wildman–Crippen MR) is 116 cm³/mol. The second kappa shape index (κ2) is 8.92. The highest BCUT2D eigenvalue weighted by Gasteiger charge is 2.62. The lowest BCUT2D eigenvalue weighted by molar-refractivity contribution is -0.149. The van der Waals surface area contributed by atoms with Gasteiger partial charge in [-0.1, -0.05) is 58.0 Å². The summed E-state index contributed by atoms with van der Waals surface area (Å²) >= 11 is 1.86. The Balaban J connectivity index is 1.67. The number of rotatable bonds is 8. The Morgan fingerprint density at radius 1 is 1.14 bits per heavy atom. The van der Waals surface area contributed by atoms with Crippen LogP contribution >= 0.6 is 11.8 Å². The number of benzene rings is 2. The van der Waals surface area contributed by atoms with Gasteiger partial charge in [-0.25, -0.2) is 0 Å². The van der Waals surface area contributed by atoms with Crippen molar-refractivity contribution in [2.45, 2.75) is 39.0 Å². The first kappa shape index (κ1) is 21.3. The zero-order valence-electron chi connectivity index (χ0n) is 17.3. The van der Waals surface area contributed by atoms with E-state index >= 15 is 0 Å². The molecule has 0 heterocycles. The van der Waals surface area contributed by atoms with Crippen LogP contribution in [0.3, 0.4) is 0 Å². The maximum Gasteiger partial charge on any atom is 0.311 e. The van der Waals surface area contributed by atoms with Crippen LogP contribution in [-0.4, -0.2) is 17.0 Å². The SMILES string of the molecule is CC(C)SC[C@H]1[C@@H](C(=O)OC(C#N)c2cccc(Oc3ccccc3)c2)C1(C)C. The molecular formula is C24H27NO3S. The summed E-state index contributed by atoms with van der Waals surface area (Å²) in [6.07, 6.45) is -0.948. The molecular weight excluding hydrogens is 382 g/mol. The first-order chi connectivity index (χ1) is 13.8. The summed E-state index contributed by atoms with van der Waals surface area (Å²) in [5.74, 6) is 2.08. The molecule has 0 aromatic heterocycles. The average molecular weight is 410 g/mol. The van der Waals surface area contributed by atoms with E-state index in [0.29, 0.717) is 22.3 Å². The zero-order chi connectivity index (χ0) is 21.0. The van der Waals surface area contributed by atoms with Gasteiger partial charge in [-0.05, 0) is 46.6 Å². The molecule has 0 saturated heterocycles. The molecule has 1 unspecified atom stereocenters. The van der Waals surface area contributed by atoms with Crippen LogP contribution in [0.5, 0.6) is 11.5 Å². The summed E-state index contributed by atoms with van der Waals surface area (Å²) in [5.41, 5.74) is 0.526. The number of esters is 1. The van der Waals surface area contributed by atoms with E-state index in [2.05, 4.69) is 33.8 Å². The van der Waals surface area contributed by atoms with E-state index in [9.17, 15) is 10.1 Å². The Labute approximate surface area is 177 Å². The van der Waals surface area contributed by atoms with E-state index in [0.717, 1.165) is 5.75 Å². The molecule has 0 N–H and O–H groups in total. The topological polar surface area (TPSA) is 59.3 Å². The minimum Gasteiger partial charge on any atom is -0.457 e. The van der Waals surface area contributed by atoms with E-state index in [-0.39, 0.29) is 23.2 Å². The van der Waals surface area contributed by atoms with Crippen molar-refractivity contribution >= 4 is 17.7 Å². The van der Waals surface area contributed by atoms with Crippen molar-refractivity contribution in [2.75, 3.05) is 5.75 Å². The molecule has 1 aliphatic carbocycles. The maximum absolute atomic E-state index is 12.8. The molecule has 0 bridgehead atoms. The molecule has 3 atom stereocenters.